The highest BCUT2D eigenvalue weighted by Crippen LogP contribution is 2.23. The van der Waals surface area contributed by atoms with Crippen LogP contribution in [-0.2, 0) is 0 Å². The second kappa shape index (κ2) is 7.60. The molecule has 142 valence electrons. The van der Waals surface area contributed by atoms with Gasteiger partial charge in [0.2, 0.25) is 0 Å². The highest BCUT2D eigenvalue weighted by atomic mass is 16.5. The van der Waals surface area contributed by atoms with Crippen LogP contribution >= 0.6 is 0 Å². The Bertz CT molecular complexity index is 1140. The minimum absolute atomic E-state index is 0.155. The van der Waals surface area contributed by atoms with Gasteiger partial charge in [-0.05, 0) is 30.5 Å². The van der Waals surface area contributed by atoms with E-state index in [0.29, 0.717) is 35.9 Å². The number of aromatic nitrogens is 2. The molecule has 4 rings (SSSR count). The number of benzene rings is 2. The zero-order chi connectivity index (χ0) is 19.5. The summed E-state index contributed by atoms with van der Waals surface area (Å²) in [6.45, 7) is 2.95. The van der Waals surface area contributed by atoms with Gasteiger partial charge in [-0.1, -0.05) is 36.4 Å². The zero-order valence-electron chi connectivity index (χ0n) is 15.9. The Hall–Kier alpha value is -3.54. The van der Waals surface area contributed by atoms with Gasteiger partial charge in [-0.25, -0.2) is 4.98 Å². The molecular weight excluding hydrogens is 352 g/mol. The summed E-state index contributed by atoms with van der Waals surface area (Å²) in [7, 11) is 1.60. The summed E-state index contributed by atoms with van der Waals surface area (Å²) in [4.78, 5) is 17.2. The first-order valence-electron chi connectivity index (χ1n) is 9.20. The first-order valence-corrected chi connectivity index (χ1v) is 9.20. The summed E-state index contributed by atoms with van der Waals surface area (Å²) < 4.78 is 7.10. The molecule has 2 aromatic carbocycles. The smallest absolute Gasteiger partial charge is 0.270 e. The molecule has 0 unspecified atom stereocenters. The molecule has 0 atom stereocenters. The highest BCUT2D eigenvalue weighted by Gasteiger charge is 2.18. The van der Waals surface area contributed by atoms with Gasteiger partial charge < -0.3 is 15.4 Å². The average molecular weight is 374 g/mol. The van der Waals surface area contributed by atoms with Crippen LogP contribution in [0, 0.1) is 6.92 Å². The van der Waals surface area contributed by atoms with Crippen molar-refractivity contribution in [3.63, 3.8) is 0 Å². The van der Waals surface area contributed by atoms with Gasteiger partial charge in [0.1, 0.15) is 5.69 Å². The maximum atomic E-state index is 12.7. The number of hydrogen-bond donors (Lipinski definition) is 2. The SMILES string of the molecule is COc1cccn2c(C(=O)NCCNc3cccc4ccccc34)c(C)nc12. The molecule has 28 heavy (non-hydrogen) atoms. The summed E-state index contributed by atoms with van der Waals surface area (Å²) in [5.41, 5.74) is 2.90. The number of nitrogens with zero attached hydrogens (tertiary/aromatic N) is 2. The maximum Gasteiger partial charge on any atom is 0.270 e. The van der Waals surface area contributed by atoms with Crippen molar-refractivity contribution < 1.29 is 9.53 Å². The molecule has 0 aliphatic carbocycles. The van der Waals surface area contributed by atoms with E-state index in [1.165, 1.54) is 10.8 Å². The molecule has 0 spiro atoms. The number of amides is 1. The zero-order valence-corrected chi connectivity index (χ0v) is 15.9. The van der Waals surface area contributed by atoms with Crippen molar-refractivity contribution in [1.82, 2.24) is 14.7 Å². The Kier molecular flexibility index (Phi) is 4.85. The summed E-state index contributed by atoms with van der Waals surface area (Å²) in [5, 5.41) is 8.73. The molecule has 0 saturated carbocycles. The van der Waals surface area contributed by atoms with Crippen molar-refractivity contribution in [3.05, 3.63) is 72.2 Å². The number of carbonyl (C=O) groups excluding carboxylic acids is 1. The molecule has 0 saturated heterocycles. The average Bonchev–Trinajstić information content (AvgIpc) is 3.07. The Labute approximate surface area is 163 Å². The molecule has 6 nitrogen and oxygen atoms in total. The van der Waals surface area contributed by atoms with Gasteiger partial charge in [-0.2, -0.15) is 0 Å². The van der Waals surface area contributed by atoms with E-state index in [2.05, 4.69) is 33.8 Å². The lowest BCUT2D eigenvalue weighted by Crippen LogP contribution is -2.30. The Morgan fingerprint density at radius 3 is 2.75 bits per heavy atom. The predicted molar refractivity (Wildman–Crippen MR) is 111 cm³/mol. The topological polar surface area (TPSA) is 67.7 Å². The van der Waals surface area contributed by atoms with Crippen molar-refractivity contribution in [2.45, 2.75) is 6.92 Å². The minimum atomic E-state index is -0.155. The summed E-state index contributed by atoms with van der Waals surface area (Å²) in [5.74, 6) is 0.486. The molecule has 0 bridgehead atoms. The lowest BCUT2D eigenvalue weighted by atomic mass is 10.1. The van der Waals surface area contributed by atoms with Gasteiger partial charge in [0.05, 0.1) is 12.8 Å². The van der Waals surface area contributed by atoms with E-state index < -0.39 is 0 Å². The second-order valence-corrected chi connectivity index (χ2v) is 6.53. The summed E-state index contributed by atoms with van der Waals surface area (Å²) in [6, 6.07) is 18.1. The number of carbonyl (C=O) groups is 1. The largest absolute Gasteiger partial charge is 0.493 e. The number of fused-ring (bicyclic) bond motifs is 2. The Morgan fingerprint density at radius 1 is 1.07 bits per heavy atom. The van der Waals surface area contributed by atoms with Crippen LogP contribution in [-0.4, -0.2) is 35.5 Å². The van der Waals surface area contributed by atoms with Crippen LogP contribution in [0.5, 0.6) is 5.75 Å². The van der Waals surface area contributed by atoms with E-state index >= 15 is 0 Å². The molecule has 2 aromatic heterocycles. The summed E-state index contributed by atoms with van der Waals surface area (Å²) in [6.07, 6.45) is 1.82. The fourth-order valence-electron chi connectivity index (χ4n) is 3.43. The molecule has 1 amide bonds. The van der Waals surface area contributed by atoms with Crippen LogP contribution in [0.1, 0.15) is 16.2 Å². The van der Waals surface area contributed by atoms with Crippen molar-refractivity contribution in [1.29, 1.82) is 0 Å². The van der Waals surface area contributed by atoms with E-state index in [-0.39, 0.29) is 5.91 Å². The number of ether oxygens (including phenoxy) is 1. The molecule has 0 aliphatic heterocycles. The fraction of sp³-hybridized carbons (Fsp3) is 0.182. The number of rotatable bonds is 6. The third-order valence-corrected chi connectivity index (χ3v) is 4.74. The van der Waals surface area contributed by atoms with Gasteiger partial charge in [-0.15, -0.1) is 0 Å². The van der Waals surface area contributed by atoms with Crippen LogP contribution in [0.4, 0.5) is 5.69 Å². The molecule has 4 aromatic rings. The molecule has 0 aliphatic rings. The standard InChI is InChI=1S/C22H22N4O2/c1-15-20(26-14-6-11-19(28-2)21(26)25-15)22(27)24-13-12-23-18-10-5-8-16-7-3-4-9-17(16)18/h3-11,14,23H,12-13H2,1-2H3,(H,24,27). The third kappa shape index (κ3) is 3.24. The second-order valence-electron chi connectivity index (χ2n) is 6.53. The molecule has 0 radical (unpaired) electrons. The van der Waals surface area contributed by atoms with E-state index in [0.717, 1.165) is 5.69 Å². The summed E-state index contributed by atoms with van der Waals surface area (Å²) >= 11 is 0. The predicted octanol–water partition coefficient (Wildman–Crippen LogP) is 3.65. The monoisotopic (exact) mass is 374 g/mol. The van der Waals surface area contributed by atoms with Crippen LogP contribution < -0.4 is 15.4 Å². The minimum Gasteiger partial charge on any atom is -0.493 e. The fourth-order valence-corrected chi connectivity index (χ4v) is 3.43. The number of pyridine rings is 1. The molecule has 2 heterocycles. The van der Waals surface area contributed by atoms with Crippen LogP contribution in [0.3, 0.4) is 0 Å². The lowest BCUT2D eigenvalue weighted by Gasteiger charge is -2.11. The quantitative estimate of drug-likeness (QED) is 0.506. The maximum absolute atomic E-state index is 12.7. The van der Waals surface area contributed by atoms with Gasteiger partial charge in [0, 0.05) is 30.4 Å². The van der Waals surface area contributed by atoms with Crippen molar-refractivity contribution in [2.75, 3.05) is 25.5 Å². The molecular formula is C22H22N4O2. The van der Waals surface area contributed by atoms with Crippen LogP contribution in [0.25, 0.3) is 16.4 Å². The third-order valence-electron chi connectivity index (χ3n) is 4.74. The Morgan fingerprint density at radius 2 is 1.89 bits per heavy atom. The van der Waals surface area contributed by atoms with Gasteiger partial charge in [0.25, 0.3) is 5.91 Å². The number of hydrogen-bond acceptors (Lipinski definition) is 4. The first kappa shape index (κ1) is 17.9. The van der Waals surface area contributed by atoms with Gasteiger partial charge in [-0.3, -0.25) is 9.20 Å². The Balaban J connectivity index is 1.44. The van der Waals surface area contributed by atoms with E-state index in [9.17, 15) is 4.79 Å². The van der Waals surface area contributed by atoms with Crippen molar-refractivity contribution >= 4 is 28.0 Å². The van der Waals surface area contributed by atoms with Crippen molar-refractivity contribution in [2.24, 2.45) is 0 Å². The molecule has 6 heteroatoms. The van der Waals surface area contributed by atoms with E-state index in [1.54, 1.807) is 11.5 Å². The van der Waals surface area contributed by atoms with E-state index in [1.807, 2.05) is 49.5 Å². The number of nitrogens with one attached hydrogen (secondary N) is 2. The van der Waals surface area contributed by atoms with Crippen LogP contribution in [0.15, 0.2) is 60.8 Å². The lowest BCUT2D eigenvalue weighted by molar-refractivity contribution is 0.0948. The number of imidazole rings is 1. The molecule has 2 N–H and O–H groups in total. The molecule has 0 fully saturated rings. The number of aryl methyl sites for hydroxylation is 1. The highest BCUT2D eigenvalue weighted by molar-refractivity contribution is 5.95. The normalized spacial score (nSPS) is 10.9. The van der Waals surface area contributed by atoms with Gasteiger partial charge in [0.15, 0.2) is 11.4 Å². The first-order chi connectivity index (χ1) is 13.7. The number of methoxy groups -OCH3 is 1. The van der Waals surface area contributed by atoms with E-state index in [4.69, 9.17) is 4.74 Å². The van der Waals surface area contributed by atoms with Crippen LogP contribution in [0.2, 0.25) is 0 Å². The van der Waals surface area contributed by atoms with Gasteiger partial charge >= 0.3 is 0 Å². The number of anilines is 1. The van der Waals surface area contributed by atoms with Crippen molar-refractivity contribution in [3.8, 4) is 5.75 Å².